The van der Waals surface area contributed by atoms with E-state index in [0.717, 1.165) is 11.1 Å². The van der Waals surface area contributed by atoms with Crippen LogP contribution in [0.4, 0.5) is 11.4 Å². The van der Waals surface area contributed by atoms with Gasteiger partial charge in [-0.25, -0.2) is 0 Å². The molecule has 1 unspecified atom stereocenters. The molecular weight excluding hydrogens is 332 g/mol. The van der Waals surface area contributed by atoms with E-state index in [0.29, 0.717) is 17.9 Å². The van der Waals surface area contributed by atoms with Crippen molar-refractivity contribution in [2.24, 2.45) is 0 Å². The summed E-state index contributed by atoms with van der Waals surface area (Å²) in [5, 5.41) is 6.76. The predicted octanol–water partition coefficient (Wildman–Crippen LogP) is 3.07. The van der Waals surface area contributed by atoms with Crippen molar-refractivity contribution >= 4 is 23.2 Å². The highest BCUT2D eigenvalue weighted by Crippen LogP contribution is 2.39. The summed E-state index contributed by atoms with van der Waals surface area (Å²) in [7, 11) is 0. The molecule has 1 atom stereocenters. The van der Waals surface area contributed by atoms with Gasteiger partial charge in [-0.05, 0) is 36.8 Å². The summed E-state index contributed by atoms with van der Waals surface area (Å²) in [6, 6.07) is 8.89. The molecule has 1 N–H and O–H groups in total. The highest BCUT2D eigenvalue weighted by atomic mass is 16.3. The summed E-state index contributed by atoms with van der Waals surface area (Å²) in [5.41, 5.74) is 3.21. The number of anilines is 2. The number of H-pyrrole nitrogens is 1. The number of furan rings is 1. The van der Waals surface area contributed by atoms with Crippen molar-refractivity contribution in [3.63, 3.8) is 0 Å². The maximum absolute atomic E-state index is 13.0. The molecule has 0 fully saturated rings. The van der Waals surface area contributed by atoms with Gasteiger partial charge in [0.25, 0.3) is 5.91 Å². The Hall–Kier alpha value is -3.35. The van der Waals surface area contributed by atoms with E-state index in [4.69, 9.17) is 4.42 Å². The monoisotopic (exact) mass is 350 g/mol. The number of hydrogen-bond donors (Lipinski definition) is 1. The number of carbonyl (C=O) groups is 2. The Balaban J connectivity index is 1.85. The van der Waals surface area contributed by atoms with Gasteiger partial charge < -0.3 is 14.2 Å². The summed E-state index contributed by atoms with van der Waals surface area (Å²) < 4.78 is 5.29. The fourth-order valence-corrected chi connectivity index (χ4v) is 3.42. The van der Waals surface area contributed by atoms with Crippen LogP contribution in [0, 0.1) is 0 Å². The number of nitrogens with one attached hydrogen (secondary N) is 1. The number of rotatable bonds is 2. The number of amides is 2. The predicted molar refractivity (Wildman–Crippen MR) is 97.0 cm³/mol. The van der Waals surface area contributed by atoms with Crippen molar-refractivity contribution in [3.05, 3.63) is 54.7 Å². The average Bonchev–Trinajstić information content (AvgIpc) is 3.33. The summed E-state index contributed by atoms with van der Waals surface area (Å²) in [5.74, 6) is -0.0105. The van der Waals surface area contributed by atoms with Crippen molar-refractivity contribution in [3.8, 4) is 11.1 Å². The minimum Gasteiger partial charge on any atom is -0.459 e. The zero-order valence-corrected chi connectivity index (χ0v) is 14.5. The van der Waals surface area contributed by atoms with Gasteiger partial charge in [0.1, 0.15) is 0 Å². The smallest absolute Gasteiger partial charge is 0.294 e. The Morgan fingerprint density at radius 2 is 2.08 bits per heavy atom. The first-order chi connectivity index (χ1) is 12.6. The SMILES string of the molecule is CC(=O)N1c2ccc(-c3cn[nH]c3)cc2N(C(=O)c2ccco2)CC1C. The van der Waals surface area contributed by atoms with Gasteiger partial charge in [0, 0.05) is 25.2 Å². The Labute approximate surface area is 150 Å². The number of hydrogen-bond acceptors (Lipinski definition) is 4. The normalized spacial score (nSPS) is 16.5. The number of benzene rings is 1. The molecule has 0 spiro atoms. The molecule has 2 amide bonds. The lowest BCUT2D eigenvalue weighted by Crippen LogP contribution is -2.51. The molecule has 4 rings (SSSR count). The topological polar surface area (TPSA) is 82.4 Å². The third kappa shape index (κ3) is 2.57. The molecule has 0 saturated heterocycles. The number of aromatic amines is 1. The minimum absolute atomic E-state index is 0.0556. The van der Waals surface area contributed by atoms with E-state index < -0.39 is 0 Å². The fraction of sp³-hybridized carbons (Fsp3) is 0.211. The van der Waals surface area contributed by atoms with Gasteiger partial charge >= 0.3 is 0 Å². The Bertz CT molecular complexity index is 947. The standard InChI is InChI=1S/C19H18N4O3/c1-12-11-22(19(25)18-4-3-7-26-18)17-8-14(15-9-20-21-10-15)5-6-16(17)23(12)13(2)24/h3-10,12H,11H2,1-2H3,(H,20,21). The van der Waals surface area contributed by atoms with Gasteiger partial charge in [-0.3, -0.25) is 14.7 Å². The van der Waals surface area contributed by atoms with E-state index in [2.05, 4.69) is 10.2 Å². The van der Waals surface area contributed by atoms with E-state index in [9.17, 15) is 9.59 Å². The highest BCUT2D eigenvalue weighted by Gasteiger charge is 2.34. The van der Waals surface area contributed by atoms with Crippen LogP contribution in [0.15, 0.2) is 53.4 Å². The second-order valence-corrected chi connectivity index (χ2v) is 6.32. The van der Waals surface area contributed by atoms with Crippen LogP contribution in [0.25, 0.3) is 11.1 Å². The maximum atomic E-state index is 13.0. The number of fused-ring (bicyclic) bond motifs is 1. The van der Waals surface area contributed by atoms with Gasteiger partial charge in [-0.1, -0.05) is 6.07 Å². The van der Waals surface area contributed by atoms with Crippen LogP contribution in [0.3, 0.4) is 0 Å². The van der Waals surface area contributed by atoms with Crippen LogP contribution < -0.4 is 9.80 Å². The van der Waals surface area contributed by atoms with Crippen molar-refractivity contribution in [1.29, 1.82) is 0 Å². The molecule has 0 bridgehead atoms. The summed E-state index contributed by atoms with van der Waals surface area (Å²) in [6.07, 6.45) is 4.98. The Morgan fingerprint density at radius 1 is 1.23 bits per heavy atom. The molecule has 1 aliphatic rings. The largest absolute Gasteiger partial charge is 0.459 e. The second-order valence-electron chi connectivity index (χ2n) is 6.32. The summed E-state index contributed by atoms with van der Waals surface area (Å²) in [4.78, 5) is 28.5. The van der Waals surface area contributed by atoms with E-state index in [1.165, 1.54) is 13.2 Å². The van der Waals surface area contributed by atoms with Crippen LogP contribution in [0.2, 0.25) is 0 Å². The van der Waals surface area contributed by atoms with Crippen LogP contribution in [-0.4, -0.2) is 34.6 Å². The molecule has 7 heteroatoms. The molecule has 1 aliphatic heterocycles. The molecule has 3 heterocycles. The van der Waals surface area contributed by atoms with Gasteiger partial charge in [0.2, 0.25) is 5.91 Å². The Morgan fingerprint density at radius 3 is 2.73 bits per heavy atom. The zero-order valence-electron chi connectivity index (χ0n) is 14.5. The van der Waals surface area contributed by atoms with Crippen LogP contribution in [-0.2, 0) is 4.79 Å². The molecule has 3 aromatic rings. The van der Waals surface area contributed by atoms with Crippen LogP contribution >= 0.6 is 0 Å². The molecule has 26 heavy (non-hydrogen) atoms. The third-order valence-corrected chi connectivity index (χ3v) is 4.56. The van der Waals surface area contributed by atoms with Crippen LogP contribution in [0.1, 0.15) is 24.4 Å². The minimum atomic E-state index is -0.226. The van der Waals surface area contributed by atoms with Crippen molar-refractivity contribution < 1.29 is 14.0 Å². The van der Waals surface area contributed by atoms with Crippen molar-refractivity contribution in [2.75, 3.05) is 16.3 Å². The molecular formula is C19H18N4O3. The lowest BCUT2D eigenvalue weighted by Gasteiger charge is -2.40. The van der Waals surface area contributed by atoms with Crippen molar-refractivity contribution in [2.45, 2.75) is 19.9 Å². The fourth-order valence-electron chi connectivity index (χ4n) is 3.42. The lowest BCUT2D eigenvalue weighted by molar-refractivity contribution is -0.117. The lowest BCUT2D eigenvalue weighted by atomic mass is 10.0. The van der Waals surface area contributed by atoms with Gasteiger partial charge in [-0.15, -0.1) is 0 Å². The van der Waals surface area contributed by atoms with E-state index in [-0.39, 0.29) is 23.6 Å². The van der Waals surface area contributed by atoms with Crippen molar-refractivity contribution in [1.82, 2.24) is 10.2 Å². The average molecular weight is 350 g/mol. The molecule has 0 saturated carbocycles. The first kappa shape index (κ1) is 16.1. The number of aromatic nitrogens is 2. The molecule has 132 valence electrons. The van der Waals surface area contributed by atoms with E-state index >= 15 is 0 Å². The maximum Gasteiger partial charge on any atom is 0.294 e. The van der Waals surface area contributed by atoms with Crippen LogP contribution in [0.5, 0.6) is 0 Å². The summed E-state index contributed by atoms with van der Waals surface area (Å²) >= 11 is 0. The van der Waals surface area contributed by atoms with Gasteiger partial charge in [-0.2, -0.15) is 5.10 Å². The molecule has 7 nitrogen and oxygen atoms in total. The molecule has 2 aromatic heterocycles. The Kier molecular flexibility index (Phi) is 3.84. The first-order valence-corrected chi connectivity index (χ1v) is 8.34. The highest BCUT2D eigenvalue weighted by molar-refractivity contribution is 6.10. The van der Waals surface area contributed by atoms with Gasteiger partial charge in [0.15, 0.2) is 5.76 Å². The van der Waals surface area contributed by atoms with E-state index in [1.54, 1.807) is 34.3 Å². The molecule has 1 aromatic carbocycles. The number of carbonyl (C=O) groups excluding carboxylic acids is 2. The molecule has 0 radical (unpaired) electrons. The third-order valence-electron chi connectivity index (χ3n) is 4.56. The zero-order chi connectivity index (χ0) is 18.3. The quantitative estimate of drug-likeness (QED) is 0.770. The first-order valence-electron chi connectivity index (χ1n) is 8.34. The number of nitrogens with zero attached hydrogens (tertiary/aromatic N) is 3. The summed E-state index contributed by atoms with van der Waals surface area (Å²) in [6.45, 7) is 3.85. The molecule has 0 aliphatic carbocycles. The second kappa shape index (κ2) is 6.18. The van der Waals surface area contributed by atoms with E-state index in [1.807, 2.05) is 25.1 Å². The van der Waals surface area contributed by atoms with Gasteiger partial charge in [0.05, 0.1) is 29.9 Å².